The number of nitrogens with two attached hydrogens (primary N) is 1. The molecule has 2 N–H and O–H groups in total. The van der Waals surface area contributed by atoms with Gasteiger partial charge in [-0.25, -0.2) is 0 Å². The van der Waals surface area contributed by atoms with Crippen molar-refractivity contribution >= 4 is 11.3 Å². The Morgan fingerprint density at radius 3 is 2.77 bits per heavy atom. The topological polar surface area (TPSA) is 26.0 Å². The van der Waals surface area contributed by atoms with Gasteiger partial charge in [0.2, 0.25) is 0 Å². The van der Waals surface area contributed by atoms with Crippen molar-refractivity contribution in [1.29, 1.82) is 0 Å². The molecule has 13 heavy (non-hydrogen) atoms. The summed E-state index contributed by atoms with van der Waals surface area (Å²) in [5.74, 6) is 0. The molecule has 74 valence electrons. The fourth-order valence-corrected chi connectivity index (χ4v) is 2.62. The minimum absolute atomic E-state index is 0.305. The van der Waals surface area contributed by atoms with Crippen LogP contribution in [0.2, 0.25) is 0 Å². The highest BCUT2D eigenvalue weighted by Crippen LogP contribution is 2.28. The maximum absolute atomic E-state index is 5.81. The van der Waals surface area contributed by atoms with Crippen molar-refractivity contribution in [3.63, 3.8) is 0 Å². The van der Waals surface area contributed by atoms with Gasteiger partial charge in [0.1, 0.15) is 0 Å². The van der Waals surface area contributed by atoms with E-state index in [0.717, 1.165) is 13.0 Å². The third-order valence-electron chi connectivity index (χ3n) is 2.53. The lowest BCUT2D eigenvalue weighted by Crippen LogP contribution is -2.29. The largest absolute Gasteiger partial charge is 0.330 e. The third kappa shape index (κ3) is 3.12. The van der Waals surface area contributed by atoms with Gasteiger partial charge in [-0.15, -0.1) is 11.3 Å². The smallest absolute Gasteiger partial charge is 0.00511 e. The highest BCUT2D eigenvalue weighted by Gasteiger charge is 2.21. The van der Waals surface area contributed by atoms with Crippen molar-refractivity contribution in [3.05, 3.63) is 22.4 Å². The van der Waals surface area contributed by atoms with E-state index in [1.54, 1.807) is 0 Å². The Labute approximate surface area is 85.0 Å². The Morgan fingerprint density at radius 2 is 2.31 bits per heavy atom. The summed E-state index contributed by atoms with van der Waals surface area (Å²) in [6.07, 6.45) is 3.58. The summed E-state index contributed by atoms with van der Waals surface area (Å²) in [5, 5.41) is 2.14. The molecular weight excluding hydrogens is 178 g/mol. The summed E-state index contributed by atoms with van der Waals surface area (Å²) in [7, 11) is 0. The molecule has 1 atom stereocenters. The minimum Gasteiger partial charge on any atom is -0.330 e. The molecule has 0 saturated heterocycles. The van der Waals surface area contributed by atoms with Gasteiger partial charge in [0, 0.05) is 4.88 Å². The Morgan fingerprint density at radius 1 is 1.54 bits per heavy atom. The zero-order valence-corrected chi connectivity index (χ0v) is 9.36. The zero-order valence-electron chi connectivity index (χ0n) is 8.55. The van der Waals surface area contributed by atoms with Crippen molar-refractivity contribution < 1.29 is 0 Å². The first-order valence-electron chi connectivity index (χ1n) is 4.92. The molecule has 0 aromatic carbocycles. The van der Waals surface area contributed by atoms with Crippen LogP contribution in [0.15, 0.2) is 17.5 Å². The maximum atomic E-state index is 5.81. The molecule has 0 spiro atoms. The first kappa shape index (κ1) is 10.7. The van der Waals surface area contributed by atoms with E-state index in [2.05, 4.69) is 31.4 Å². The van der Waals surface area contributed by atoms with E-state index in [1.807, 2.05) is 11.3 Å². The van der Waals surface area contributed by atoms with Crippen LogP contribution in [0.4, 0.5) is 0 Å². The average molecular weight is 197 g/mol. The molecule has 1 heterocycles. The van der Waals surface area contributed by atoms with Gasteiger partial charge in [-0.05, 0) is 36.2 Å². The van der Waals surface area contributed by atoms with E-state index in [-0.39, 0.29) is 0 Å². The molecule has 1 aromatic heterocycles. The van der Waals surface area contributed by atoms with Crippen molar-refractivity contribution in [1.82, 2.24) is 0 Å². The second-order valence-corrected chi connectivity index (χ2v) is 5.05. The molecular formula is C11H19NS. The Hall–Kier alpha value is -0.340. The van der Waals surface area contributed by atoms with Gasteiger partial charge in [0.05, 0.1) is 0 Å². The fraction of sp³-hybridized carbons (Fsp3) is 0.636. The van der Waals surface area contributed by atoms with E-state index in [1.165, 1.54) is 17.7 Å². The van der Waals surface area contributed by atoms with E-state index < -0.39 is 0 Å². The molecule has 0 amide bonds. The first-order chi connectivity index (χ1) is 6.20. The molecule has 2 heteroatoms. The minimum atomic E-state index is 0.305. The van der Waals surface area contributed by atoms with Crippen LogP contribution in [-0.2, 0) is 6.42 Å². The van der Waals surface area contributed by atoms with Crippen molar-refractivity contribution in [2.75, 3.05) is 6.54 Å². The molecule has 1 unspecified atom stereocenters. The van der Waals surface area contributed by atoms with Crippen LogP contribution in [0.5, 0.6) is 0 Å². The van der Waals surface area contributed by atoms with Crippen LogP contribution < -0.4 is 5.73 Å². The van der Waals surface area contributed by atoms with Crippen LogP contribution >= 0.6 is 11.3 Å². The number of hydrogen-bond donors (Lipinski definition) is 1. The summed E-state index contributed by atoms with van der Waals surface area (Å²) >= 11 is 1.84. The predicted octanol–water partition coefficient (Wildman–Crippen LogP) is 3.06. The lowest BCUT2D eigenvalue weighted by atomic mass is 9.82. The first-order valence-corrected chi connectivity index (χ1v) is 5.80. The third-order valence-corrected chi connectivity index (χ3v) is 3.40. The molecule has 0 aliphatic carbocycles. The van der Waals surface area contributed by atoms with E-state index in [0.29, 0.717) is 5.41 Å². The summed E-state index contributed by atoms with van der Waals surface area (Å²) in [6.45, 7) is 5.30. The van der Waals surface area contributed by atoms with Gasteiger partial charge in [0.25, 0.3) is 0 Å². The molecule has 0 radical (unpaired) electrons. The number of rotatable bonds is 5. The fourth-order valence-electron chi connectivity index (χ4n) is 1.70. The predicted molar refractivity (Wildman–Crippen MR) is 60.1 cm³/mol. The molecule has 1 aromatic rings. The average Bonchev–Trinajstić information content (AvgIpc) is 2.57. The lowest BCUT2D eigenvalue weighted by Gasteiger charge is -2.26. The lowest BCUT2D eigenvalue weighted by molar-refractivity contribution is 0.305. The Kier molecular flexibility index (Phi) is 3.94. The van der Waals surface area contributed by atoms with Crippen molar-refractivity contribution in [3.8, 4) is 0 Å². The Balaban J connectivity index is 2.58. The van der Waals surface area contributed by atoms with E-state index in [4.69, 9.17) is 5.73 Å². The van der Waals surface area contributed by atoms with Crippen LogP contribution in [0.1, 0.15) is 31.6 Å². The second kappa shape index (κ2) is 4.77. The molecule has 0 aliphatic rings. The van der Waals surface area contributed by atoms with Gasteiger partial charge in [-0.3, -0.25) is 0 Å². The van der Waals surface area contributed by atoms with Gasteiger partial charge in [0.15, 0.2) is 0 Å². The summed E-state index contributed by atoms with van der Waals surface area (Å²) < 4.78 is 0. The van der Waals surface area contributed by atoms with Crippen LogP contribution in [0, 0.1) is 5.41 Å². The summed E-state index contributed by atoms with van der Waals surface area (Å²) in [4.78, 5) is 1.46. The molecule has 0 saturated carbocycles. The Bertz CT molecular complexity index is 230. The van der Waals surface area contributed by atoms with Crippen molar-refractivity contribution in [2.24, 2.45) is 11.1 Å². The van der Waals surface area contributed by atoms with Gasteiger partial charge < -0.3 is 5.73 Å². The highest BCUT2D eigenvalue weighted by atomic mass is 32.1. The maximum Gasteiger partial charge on any atom is 0.00511 e. The molecule has 1 rings (SSSR count). The summed E-state index contributed by atoms with van der Waals surface area (Å²) in [5.41, 5.74) is 6.12. The van der Waals surface area contributed by atoms with Crippen LogP contribution in [-0.4, -0.2) is 6.54 Å². The standard InChI is InChI=1S/C11H19NS/c1-3-6-11(2,9-12)8-10-5-4-7-13-10/h4-5,7H,3,6,8-9,12H2,1-2H3. The number of hydrogen-bond acceptors (Lipinski definition) is 2. The molecule has 0 bridgehead atoms. The van der Waals surface area contributed by atoms with Crippen LogP contribution in [0.3, 0.4) is 0 Å². The van der Waals surface area contributed by atoms with Gasteiger partial charge in [-0.2, -0.15) is 0 Å². The van der Waals surface area contributed by atoms with Gasteiger partial charge in [-0.1, -0.05) is 26.3 Å². The second-order valence-electron chi connectivity index (χ2n) is 4.02. The molecule has 1 nitrogen and oxygen atoms in total. The molecule has 0 aliphatic heterocycles. The number of thiophene rings is 1. The SMILES string of the molecule is CCCC(C)(CN)Cc1cccs1. The molecule has 0 fully saturated rings. The van der Waals surface area contributed by atoms with E-state index in [9.17, 15) is 0 Å². The van der Waals surface area contributed by atoms with Crippen LogP contribution in [0.25, 0.3) is 0 Å². The van der Waals surface area contributed by atoms with Gasteiger partial charge >= 0.3 is 0 Å². The quantitative estimate of drug-likeness (QED) is 0.771. The highest BCUT2D eigenvalue weighted by molar-refractivity contribution is 7.09. The monoisotopic (exact) mass is 197 g/mol. The normalized spacial score (nSPS) is 15.6. The van der Waals surface area contributed by atoms with Crippen molar-refractivity contribution in [2.45, 2.75) is 33.1 Å². The summed E-state index contributed by atoms with van der Waals surface area (Å²) in [6, 6.07) is 4.32. The van der Waals surface area contributed by atoms with E-state index >= 15 is 0 Å². The zero-order chi connectivity index (χ0) is 9.73.